The summed E-state index contributed by atoms with van der Waals surface area (Å²) in [4.78, 5) is 16.0. The number of para-hydroxylation sites is 1. The molecule has 5 N–H and O–H groups in total. The van der Waals surface area contributed by atoms with Crippen molar-refractivity contribution in [3.05, 3.63) is 47.5 Å². The van der Waals surface area contributed by atoms with Crippen LogP contribution in [-0.2, 0) is 10.1 Å². The molecular weight excluding hydrogens is 404 g/mol. The number of hydrogen-bond donors (Lipinski definition) is 5. The highest BCUT2D eigenvalue weighted by molar-refractivity contribution is 7.85. The minimum atomic E-state index is -4.09. The predicted molar refractivity (Wildman–Crippen MR) is 110 cm³/mol. The first-order valence-corrected chi connectivity index (χ1v) is 10.6. The van der Waals surface area contributed by atoms with E-state index in [9.17, 15) is 18.3 Å². The maximum absolute atomic E-state index is 11.6. The van der Waals surface area contributed by atoms with Crippen LogP contribution in [0.1, 0.15) is 15.9 Å². The highest BCUT2D eigenvalue weighted by Crippen LogP contribution is 2.28. The summed E-state index contributed by atoms with van der Waals surface area (Å²) in [5, 5.41) is 12.8. The lowest BCUT2D eigenvalue weighted by molar-refractivity contribution is 0.0698. The molecule has 0 unspecified atom stereocenters. The minimum absolute atomic E-state index is 0.0124. The van der Waals surface area contributed by atoms with Crippen molar-refractivity contribution in [2.45, 2.75) is 6.92 Å². The van der Waals surface area contributed by atoms with E-state index in [1.54, 1.807) is 12.1 Å². The molecule has 0 saturated carbocycles. The van der Waals surface area contributed by atoms with E-state index in [4.69, 9.17) is 4.55 Å². The first kappa shape index (κ1) is 19.9. The molecule has 0 amide bonds. The third kappa shape index (κ3) is 4.88. The molecule has 148 valence electrons. The van der Waals surface area contributed by atoms with Gasteiger partial charge in [-0.1, -0.05) is 23.5 Å². The van der Waals surface area contributed by atoms with Crippen LogP contribution in [0.25, 0.3) is 10.2 Å². The fourth-order valence-corrected chi connectivity index (χ4v) is 3.78. The lowest BCUT2D eigenvalue weighted by Crippen LogP contribution is -2.16. The van der Waals surface area contributed by atoms with Gasteiger partial charge in [0.25, 0.3) is 10.1 Å². The molecule has 11 heteroatoms. The van der Waals surface area contributed by atoms with E-state index in [1.807, 2.05) is 25.1 Å². The van der Waals surface area contributed by atoms with Crippen molar-refractivity contribution in [1.82, 2.24) is 4.98 Å². The maximum atomic E-state index is 11.6. The summed E-state index contributed by atoms with van der Waals surface area (Å²) >= 11 is 1.44. The number of aryl methyl sites for hydroxylation is 1. The molecule has 0 aliphatic carbocycles. The van der Waals surface area contributed by atoms with Crippen LogP contribution >= 0.6 is 11.3 Å². The number of thiazole rings is 1. The number of hydrazine groups is 1. The molecule has 0 aliphatic heterocycles. The average Bonchev–Trinajstić information content (AvgIpc) is 3.04. The first-order chi connectivity index (χ1) is 13.2. The van der Waals surface area contributed by atoms with E-state index in [1.165, 1.54) is 17.4 Å². The largest absolute Gasteiger partial charge is 0.478 e. The Hall–Kier alpha value is -2.89. The number of aromatic carboxylic acids is 1. The summed E-state index contributed by atoms with van der Waals surface area (Å²) in [6.07, 6.45) is 0. The number of hydrogen-bond acceptors (Lipinski definition) is 8. The number of carbonyl (C=O) groups is 1. The molecule has 0 spiro atoms. The number of aromatic nitrogens is 1. The highest BCUT2D eigenvalue weighted by atomic mass is 32.2. The first-order valence-electron chi connectivity index (χ1n) is 8.17. The molecule has 0 radical (unpaired) electrons. The van der Waals surface area contributed by atoms with Gasteiger partial charge in [-0.15, -0.1) is 0 Å². The van der Waals surface area contributed by atoms with Crippen molar-refractivity contribution in [2.24, 2.45) is 0 Å². The second kappa shape index (κ2) is 8.00. The van der Waals surface area contributed by atoms with Crippen molar-refractivity contribution in [3.8, 4) is 0 Å². The number of benzene rings is 2. The Morgan fingerprint density at radius 2 is 2.00 bits per heavy atom. The van der Waals surface area contributed by atoms with Gasteiger partial charge in [0.1, 0.15) is 0 Å². The Balaban J connectivity index is 1.73. The summed E-state index contributed by atoms with van der Waals surface area (Å²) in [6, 6.07) is 10.4. The Morgan fingerprint density at radius 3 is 2.68 bits per heavy atom. The van der Waals surface area contributed by atoms with Crippen LogP contribution in [0.3, 0.4) is 0 Å². The molecule has 9 nitrogen and oxygen atoms in total. The molecule has 0 fully saturated rings. The normalized spacial score (nSPS) is 11.4. The minimum Gasteiger partial charge on any atom is -0.478 e. The smallest absolute Gasteiger partial charge is 0.337 e. The second-order valence-corrected chi connectivity index (χ2v) is 8.57. The summed E-state index contributed by atoms with van der Waals surface area (Å²) < 4.78 is 31.3. The van der Waals surface area contributed by atoms with Crippen molar-refractivity contribution in [2.75, 3.05) is 28.5 Å². The van der Waals surface area contributed by atoms with Gasteiger partial charge in [0, 0.05) is 12.2 Å². The van der Waals surface area contributed by atoms with Gasteiger partial charge in [-0.25, -0.2) is 9.78 Å². The number of nitrogens with zero attached hydrogens (tertiary/aromatic N) is 1. The van der Waals surface area contributed by atoms with Gasteiger partial charge >= 0.3 is 5.97 Å². The van der Waals surface area contributed by atoms with Crippen LogP contribution in [0, 0.1) is 6.92 Å². The van der Waals surface area contributed by atoms with Crippen LogP contribution in [-0.4, -0.2) is 41.3 Å². The molecule has 2 aromatic carbocycles. The van der Waals surface area contributed by atoms with E-state index in [0.29, 0.717) is 16.5 Å². The Bertz CT molecular complexity index is 1130. The van der Waals surface area contributed by atoms with E-state index < -0.39 is 21.8 Å². The Labute approximate surface area is 165 Å². The molecule has 0 saturated heterocycles. The van der Waals surface area contributed by atoms with Gasteiger partial charge in [0.15, 0.2) is 0 Å². The van der Waals surface area contributed by atoms with Crippen LogP contribution in [0.2, 0.25) is 0 Å². The Kier molecular flexibility index (Phi) is 5.68. The topological polar surface area (TPSA) is 141 Å². The number of anilines is 3. The number of carboxylic acids is 1. The molecule has 0 aliphatic rings. The lowest BCUT2D eigenvalue weighted by atomic mass is 10.1. The fraction of sp³-hybridized carbons (Fsp3) is 0.176. The molecule has 0 atom stereocenters. The number of nitrogens with one attached hydrogen (secondary N) is 3. The van der Waals surface area contributed by atoms with Gasteiger partial charge in [-0.2, -0.15) is 8.42 Å². The zero-order valence-corrected chi connectivity index (χ0v) is 16.4. The molecule has 1 heterocycles. The van der Waals surface area contributed by atoms with Crippen LogP contribution in [0.5, 0.6) is 0 Å². The van der Waals surface area contributed by atoms with Crippen LogP contribution in [0.15, 0.2) is 36.4 Å². The van der Waals surface area contributed by atoms with E-state index in [0.717, 1.165) is 15.8 Å². The molecule has 0 bridgehead atoms. The van der Waals surface area contributed by atoms with Gasteiger partial charge in [0.2, 0.25) is 5.13 Å². The predicted octanol–water partition coefficient (Wildman–Crippen LogP) is 3.04. The number of carboxylic acid groups (broad SMARTS) is 1. The number of rotatable bonds is 8. The SMILES string of the molecule is Cc1cccc2sc(NNc3ccc(NCCS(=O)(=O)O)cc3C(=O)O)nc12. The molecule has 28 heavy (non-hydrogen) atoms. The van der Waals surface area contributed by atoms with Crippen LogP contribution < -0.4 is 16.2 Å². The monoisotopic (exact) mass is 422 g/mol. The highest BCUT2D eigenvalue weighted by Gasteiger charge is 2.13. The summed E-state index contributed by atoms with van der Waals surface area (Å²) in [5.41, 5.74) is 8.43. The third-order valence-electron chi connectivity index (χ3n) is 3.86. The quantitative estimate of drug-likeness (QED) is 0.273. The zero-order chi connectivity index (χ0) is 20.3. The van der Waals surface area contributed by atoms with Crippen molar-refractivity contribution in [1.29, 1.82) is 0 Å². The third-order valence-corrected chi connectivity index (χ3v) is 5.52. The fourth-order valence-electron chi connectivity index (χ4n) is 2.52. The molecular formula is C17H18N4O5S2. The maximum Gasteiger partial charge on any atom is 0.337 e. The number of fused-ring (bicyclic) bond motifs is 1. The van der Waals surface area contributed by atoms with Gasteiger partial charge < -0.3 is 10.4 Å². The molecule has 3 aromatic rings. The van der Waals surface area contributed by atoms with E-state index in [2.05, 4.69) is 21.2 Å². The zero-order valence-electron chi connectivity index (χ0n) is 14.8. The summed E-state index contributed by atoms with van der Waals surface area (Å²) in [6.45, 7) is 1.92. The van der Waals surface area contributed by atoms with Crippen molar-refractivity contribution < 1.29 is 22.9 Å². The summed E-state index contributed by atoms with van der Waals surface area (Å²) in [7, 11) is -4.09. The van der Waals surface area contributed by atoms with Crippen LogP contribution in [0.4, 0.5) is 16.5 Å². The van der Waals surface area contributed by atoms with Gasteiger partial charge in [-0.3, -0.25) is 15.4 Å². The van der Waals surface area contributed by atoms with Crippen molar-refractivity contribution >= 4 is 54.1 Å². The van der Waals surface area contributed by atoms with E-state index >= 15 is 0 Å². The standard InChI is InChI=1S/C17H18N4O5S2/c1-10-3-2-4-14-15(10)19-17(27-14)21-20-13-6-5-11(9-12(13)16(22)23)18-7-8-28(24,25)26/h2-6,9,18,20H,7-8H2,1H3,(H,19,21)(H,22,23)(H,24,25,26). The van der Waals surface area contributed by atoms with Crippen molar-refractivity contribution in [3.63, 3.8) is 0 Å². The molecule has 1 aromatic heterocycles. The second-order valence-electron chi connectivity index (χ2n) is 5.97. The Morgan fingerprint density at radius 1 is 1.21 bits per heavy atom. The van der Waals surface area contributed by atoms with E-state index in [-0.39, 0.29) is 12.1 Å². The van der Waals surface area contributed by atoms with Gasteiger partial charge in [0.05, 0.1) is 27.2 Å². The average molecular weight is 422 g/mol. The molecule has 3 rings (SSSR count). The van der Waals surface area contributed by atoms with Gasteiger partial charge in [-0.05, 0) is 36.8 Å². The summed E-state index contributed by atoms with van der Waals surface area (Å²) in [5.74, 6) is -1.63. The lowest BCUT2D eigenvalue weighted by Gasteiger charge is -2.12.